The van der Waals surface area contributed by atoms with Gasteiger partial charge in [0.25, 0.3) is 5.91 Å². The molecule has 1 aromatic rings. The summed E-state index contributed by atoms with van der Waals surface area (Å²) in [6.07, 6.45) is 0. The summed E-state index contributed by atoms with van der Waals surface area (Å²) in [7, 11) is 0. The molecule has 0 fully saturated rings. The van der Waals surface area contributed by atoms with E-state index in [0.29, 0.717) is 17.1 Å². The first-order valence-electron chi connectivity index (χ1n) is 4.40. The number of carbonyl (C=O) groups is 1. The van der Waals surface area contributed by atoms with Crippen molar-refractivity contribution in [3.8, 4) is 0 Å². The average molecular weight is 213 g/mol. The van der Waals surface area contributed by atoms with Crippen LogP contribution in [-0.4, -0.2) is 18.5 Å². The lowest BCUT2D eigenvalue weighted by Crippen LogP contribution is -2.37. The van der Waals surface area contributed by atoms with Crippen molar-refractivity contribution in [2.24, 2.45) is 5.73 Å². The van der Waals surface area contributed by atoms with E-state index in [1.54, 1.807) is 24.3 Å². The Balaban J connectivity index is 2.70. The van der Waals surface area contributed by atoms with Crippen molar-refractivity contribution in [1.82, 2.24) is 5.32 Å². The number of nitrogens with one attached hydrogen (secondary N) is 1. The summed E-state index contributed by atoms with van der Waals surface area (Å²) in [4.78, 5) is 11.5. The molecule has 0 aliphatic heterocycles. The fourth-order valence-corrected chi connectivity index (χ4v) is 1.19. The fourth-order valence-electron chi connectivity index (χ4n) is 0.996. The SMILES string of the molecule is C[C@@H](CN)NC(=O)c1cccc(Cl)c1. The lowest BCUT2D eigenvalue weighted by Gasteiger charge is -2.11. The van der Waals surface area contributed by atoms with Crippen molar-refractivity contribution in [2.45, 2.75) is 13.0 Å². The number of carbonyl (C=O) groups excluding carboxylic acids is 1. The molecule has 1 amide bonds. The molecule has 0 saturated carbocycles. The van der Waals surface area contributed by atoms with Crippen molar-refractivity contribution in [2.75, 3.05) is 6.54 Å². The molecule has 0 radical (unpaired) electrons. The second kappa shape index (κ2) is 4.98. The Kier molecular flexibility index (Phi) is 3.92. The normalized spacial score (nSPS) is 12.2. The van der Waals surface area contributed by atoms with Gasteiger partial charge < -0.3 is 11.1 Å². The zero-order chi connectivity index (χ0) is 10.6. The van der Waals surface area contributed by atoms with E-state index in [1.165, 1.54) is 0 Å². The van der Waals surface area contributed by atoms with Gasteiger partial charge in [-0.15, -0.1) is 0 Å². The monoisotopic (exact) mass is 212 g/mol. The highest BCUT2D eigenvalue weighted by molar-refractivity contribution is 6.30. The topological polar surface area (TPSA) is 55.1 Å². The molecule has 1 atom stereocenters. The highest BCUT2D eigenvalue weighted by Crippen LogP contribution is 2.10. The Morgan fingerprint density at radius 2 is 2.36 bits per heavy atom. The maximum absolute atomic E-state index is 11.5. The number of amides is 1. The number of benzene rings is 1. The van der Waals surface area contributed by atoms with Crippen LogP contribution < -0.4 is 11.1 Å². The number of hydrogen-bond acceptors (Lipinski definition) is 2. The standard InChI is InChI=1S/C10H13ClN2O/c1-7(6-12)13-10(14)8-3-2-4-9(11)5-8/h2-5,7H,6,12H2,1H3,(H,13,14)/t7-/m0/s1. The van der Waals surface area contributed by atoms with Crippen molar-refractivity contribution in [3.05, 3.63) is 34.9 Å². The van der Waals surface area contributed by atoms with Gasteiger partial charge in [0.2, 0.25) is 0 Å². The Morgan fingerprint density at radius 3 is 2.93 bits per heavy atom. The highest BCUT2D eigenvalue weighted by atomic mass is 35.5. The van der Waals surface area contributed by atoms with Crippen LogP contribution in [0.3, 0.4) is 0 Å². The molecule has 0 aliphatic carbocycles. The first kappa shape index (κ1) is 11.0. The summed E-state index contributed by atoms with van der Waals surface area (Å²) < 4.78 is 0. The summed E-state index contributed by atoms with van der Waals surface area (Å²) in [5.41, 5.74) is 5.94. The molecule has 0 saturated heterocycles. The second-order valence-corrected chi connectivity index (χ2v) is 3.56. The quantitative estimate of drug-likeness (QED) is 0.796. The zero-order valence-corrected chi connectivity index (χ0v) is 8.71. The van der Waals surface area contributed by atoms with E-state index >= 15 is 0 Å². The largest absolute Gasteiger partial charge is 0.348 e. The summed E-state index contributed by atoms with van der Waals surface area (Å²) in [5, 5.41) is 3.30. The van der Waals surface area contributed by atoms with Gasteiger partial charge in [-0.3, -0.25) is 4.79 Å². The Labute approximate surface area is 88.2 Å². The van der Waals surface area contributed by atoms with E-state index in [2.05, 4.69) is 5.32 Å². The number of rotatable bonds is 3. The van der Waals surface area contributed by atoms with E-state index in [4.69, 9.17) is 17.3 Å². The third-order valence-corrected chi connectivity index (χ3v) is 2.05. The van der Waals surface area contributed by atoms with Crippen LogP contribution in [0.2, 0.25) is 5.02 Å². The van der Waals surface area contributed by atoms with Gasteiger partial charge in [0, 0.05) is 23.2 Å². The molecule has 0 unspecified atom stereocenters. The first-order chi connectivity index (χ1) is 6.63. The van der Waals surface area contributed by atoms with Gasteiger partial charge >= 0.3 is 0 Å². The molecule has 14 heavy (non-hydrogen) atoms. The Hall–Kier alpha value is -1.06. The zero-order valence-electron chi connectivity index (χ0n) is 7.96. The number of halogens is 1. The molecule has 0 heterocycles. The smallest absolute Gasteiger partial charge is 0.251 e. The predicted octanol–water partition coefficient (Wildman–Crippen LogP) is 1.42. The Bertz CT molecular complexity index is 328. The molecule has 1 aromatic carbocycles. The van der Waals surface area contributed by atoms with Crippen LogP contribution in [0, 0.1) is 0 Å². The predicted molar refractivity (Wildman–Crippen MR) is 57.4 cm³/mol. The van der Waals surface area contributed by atoms with Gasteiger partial charge in [0.15, 0.2) is 0 Å². The molecule has 76 valence electrons. The van der Waals surface area contributed by atoms with Gasteiger partial charge in [-0.2, -0.15) is 0 Å². The maximum atomic E-state index is 11.5. The maximum Gasteiger partial charge on any atom is 0.251 e. The summed E-state index contributed by atoms with van der Waals surface area (Å²) in [6.45, 7) is 2.27. The highest BCUT2D eigenvalue weighted by Gasteiger charge is 2.08. The van der Waals surface area contributed by atoms with Crippen molar-refractivity contribution in [1.29, 1.82) is 0 Å². The molecule has 0 aromatic heterocycles. The van der Waals surface area contributed by atoms with E-state index < -0.39 is 0 Å². The fraction of sp³-hybridized carbons (Fsp3) is 0.300. The molecule has 4 heteroatoms. The van der Waals surface area contributed by atoms with Crippen LogP contribution >= 0.6 is 11.6 Å². The van der Waals surface area contributed by atoms with Gasteiger partial charge in [-0.25, -0.2) is 0 Å². The summed E-state index contributed by atoms with van der Waals surface area (Å²) in [5.74, 6) is -0.148. The molecular formula is C10H13ClN2O. The minimum Gasteiger partial charge on any atom is -0.348 e. The first-order valence-corrected chi connectivity index (χ1v) is 4.77. The molecular weight excluding hydrogens is 200 g/mol. The van der Waals surface area contributed by atoms with Gasteiger partial charge in [-0.1, -0.05) is 17.7 Å². The third-order valence-electron chi connectivity index (χ3n) is 1.82. The minimum atomic E-state index is -0.148. The van der Waals surface area contributed by atoms with Crippen LogP contribution in [0.4, 0.5) is 0 Å². The number of hydrogen-bond donors (Lipinski definition) is 2. The van der Waals surface area contributed by atoms with Crippen LogP contribution in [-0.2, 0) is 0 Å². The molecule has 0 spiro atoms. The third kappa shape index (κ3) is 3.01. The van der Waals surface area contributed by atoms with Gasteiger partial charge in [-0.05, 0) is 25.1 Å². The van der Waals surface area contributed by atoms with E-state index in [1.807, 2.05) is 6.92 Å². The van der Waals surface area contributed by atoms with Gasteiger partial charge in [0.1, 0.15) is 0 Å². The van der Waals surface area contributed by atoms with Crippen molar-refractivity contribution >= 4 is 17.5 Å². The number of nitrogens with two attached hydrogens (primary N) is 1. The minimum absolute atomic E-state index is 0.0264. The van der Waals surface area contributed by atoms with Crippen LogP contribution in [0.15, 0.2) is 24.3 Å². The van der Waals surface area contributed by atoms with E-state index in [0.717, 1.165) is 0 Å². The molecule has 0 aliphatic rings. The van der Waals surface area contributed by atoms with E-state index in [9.17, 15) is 4.79 Å². The van der Waals surface area contributed by atoms with Crippen molar-refractivity contribution in [3.63, 3.8) is 0 Å². The van der Waals surface area contributed by atoms with Crippen LogP contribution in [0.1, 0.15) is 17.3 Å². The second-order valence-electron chi connectivity index (χ2n) is 3.12. The average Bonchev–Trinajstić information content (AvgIpc) is 2.17. The Morgan fingerprint density at radius 1 is 1.64 bits per heavy atom. The molecule has 3 N–H and O–H groups in total. The summed E-state index contributed by atoms with van der Waals surface area (Å²) in [6, 6.07) is 6.78. The lowest BCUT2D eigenvalue weighted by atomic mass is 10.2. The van der Waals surface area contributed by atoms with Gasteiger partial charge in [0.05, 0.1) is 0 Å². The molecule has 0 bridgehead atoms. The molecule has 3 nitrogen and oxygen atoms in total. The van der Waals surface area contributed by atoms with Crippen molar-refractivity contribution < 1.29 is 4.79 Å². The van der Waals surface area contributed by atoms with Crippen LogP contribution in [0.5, 0.6) is 0 Å². The van der Waals surface area contributed by atoms with E-state index in [-0.39, 0.29) is 11.9 Å². The lowest BCUT2D eigenvalue weighted by molar-refractivity contribution is 0.0941. The molecule has 1 rings (SSSR count). The van der Waals surface area contributed by atoms with Crippen LogP contribution in [0.25, 0.3) is 0 Å². The summed E-state index contributed by atoms with van der Waals surface area (Å²) >= 11 is 5.75.